The van der Waals surface area contributed by atoms with Crippen molar-refractivity contribution in [3.8, 4) is 0 Å². The van der Waals surface area contributed by atoms with Gasteiger partial charge in [-0.15, -0.1) is 0 Å². The van der Waals surface area contributed by atoms with Crippen LogP contribution in [0.2, 0.25) is 0 Å². The monoisotopic (exact) mass is 218 g/mol. The first-order valence-corrected chi connectivity index (χ1v) is 5.86. The Morgan fingerprint density at radius 1 is 1.31 bits per heavy atom. The predicted octanol–water partition coefficient (Wildman–Crippen LogP) is 2.59. The van der Waals surface area contributed by atoms with Crippen molar-refractivity contribution >= 4 is 10.9 Å². The molecular weight excluding hydrogens is 200 g/mol. The molecule has 3 heteroatoms. The summed E-state index contributed by atoms with van der Waals surface area (Å²) in [6.45, 7) is 2.77. The van der Waals surface area contributed by atoms with Crippen LogP contribution < -0.4 is 0 Å². The molecule has 2 aromatic rings. The molecule has 1 N–H and O–H groups in total. The van der Waals surface area contributed by atoms with E-state index in [1.54, 1.807) is 0 Å². The fourth-order valence-electron chi connectivity index (χ4n) is 1.91. The van der Waals surface area contributed by atoms with Crippen molar-refractivity contribution in [2.75, 3.05) is 0 Å². The molecule has 0 spiro atoms. The third-order valence-electron chi connectivity index (χ3n) is 2.79. The standard InChI is InChI=1S/C13H18N2O/c1-11(16)6-4-5-9-15-13-8-3-2-7-12(13)10-14-15/h2-3,7-8,10-11,16H,4-6,9H2,1H3. The van der Waals surface area contributed by atoms with Crippen LogP contribution in [0.15, 0.2) is 30.5 Å². The van der Waals surface area contributed by atoms with Gasteiger partial charge in [0.1, 0.15) is 0 Å². The van der Waals surface area contributed by atoms with Crippen LogP contribution in [0.1, 0.15) is 26.2 Å². The van der Waals surface area contributed by atoms with Crippen LogP contribution in [-0.4, -0.2) is 21.0 Å². The molecule has 0 fully saturated rings. The number of hydrogen-bond acceptors (Lipinski definition) is 2. The lowest BCUT2D eigenvalue weighted by atomic mass is 10.2. The van der Waals surface area contributed by atoms with Crippen LogP contribution in [0.5, 0.6) is 0 Å². The van der Waals surface area contributed by atoms with Gasteiger partial charge >= 0.3 is 0 Å². The van der Waals surface area contributed by atoms with Gasteiger partial charge in [0.15, 0.2) is 0 Å². The van der Waals surface area contributed by atoms with Gasteiger partial charge < -0.3 is 5.11 Å². The largest absolute Gasteiger partial charge is 0.393 e. The molecule has 3 nitrogen and oxygen atoms in total. The number of aliphatic hydroxyl groups excluding tert-OH is 1. The first kappa shape index (κ1) is 11.1. The van der Waals surface area contributed by atoms with E-state index in [1.807, 2.05) is 29.9 Å². The summed E-state index contributed by atoms with van der Waals surface area (Å²) in [5, 5.41) is 14.7. The lowest BCUT2D eigenvalue weighted by molar-refractivity contribution is 0.180. The van der Waals surface area contributed by atoms with Crippen LogP contribution in [-0.2, 0) is 6.54 Å². The number of benzene rings is 1. The Hall–Kier alpha value is -1.35. The number of nitrogens with zero attached hydrogens (tertiary/aromatic N) is 2. The molecular formula is C13H18N2O. The van der Waals surface area contributed by atoms with E-state index in [0.717, 1.165) is 25.8 Å². The lowest BCUT2D eigenvalue weighted by Crippen LogP contribution is -2.03. The SMILES string of the molecule is CC(O)CCCCn1ncc2ccccc21. The number of unbranched alkanes of at least 4 members (excludes halogenated alkanes) is 1. The summed E-state index contributed by atoms with van der Waals surface area (Å²) in [6.07, 6.45) is 4.71. The Balaban J connectivity index is 1.94. The summed E-state index contributed by atoms with van der Waals surface area (Å²) >= 11 is 0. The molecule has 86 valence electrons. The molecule has 0 saturated heterocycles. The van der Waals surface area contributed by atoms with E-state index < -0.39 is 0 Å². The lowest BCUT2D eigenvalue weighted by Gasteiger charge is -2.05. The van der Waals surface area contributed by atoms with Gasteiger partial charge in [0.05, 0.1) is 17.8 Å². The summed E-state index contributed by atoms with van der Waals surface area (Å²) in [4.78, 5) is 0. The number of fused-ring (bicyclic) bond motifs is 1. The fourth-order valence-corrected chi connectivity index (χ4v) is 1.91. The van der Waals surface area contributed by atoms with Crippen molar-refractivity contribution in [1.29, 1.82) is 0 Å². The van der Waals surface area contributed by atoms with Crippen LogP contribution in [0.25, 0.3) is 10.9 Å². The van der Waals surface area contributed by atoms with Gasteiger partial charge in [-0.2, -0.15) is 5.10 Å². The minimum Gasteiger partial charge on any atom is -0.393 e. The Kier molecular flexibility index (Phi) is 3.57. The maximum absolute atomic E-state index is 9.16. The minimum absolute atomic E-state index is 0.186. The van der Waals surface area contributed by atoms with Crippen LogP contribution >= 0.6 is 0 Å². The number of hydrogen-bond donors (Lipinski definition) is 1. The third kappa shape index (κ3) is 2.61. The van der Waals surface area contributed by atoms with E-state index in [1.165, 1.54) is 10.9 Å². The van der Waals surface area contributed by atoms with Crippen molar-refractivity contribution < 1.29 is 5.11 Å². The molecule has 1 heterocycles. The summed E-state index contributed by atoms with van der Waals surface area (Å²) in [7, 11) is 0. The zero-order chi connectivity index (χ0) is 11.4. The molecule has 1 aromatic carbocycles. The minimum atomic E-state index is -0.186. The zero-order valence-electron chi connectivity index (χ0n) is 9.63. The smallest absolute Gasteiger partial charge is 0.0682 e. The fraction of sp³-hybridized carbons (Fsp3) is 0.462. The molecule has 1 aromatic heterocycles. The van der Waals surface area contributed by atoms with Gasteiger partial charge in [0.2, 0.25) is 0 Å². The van der Waals surface area contributed by atoms with Gasteiger partial charge in [-0.25, -0.2) is 0 Å². The Morgan fingerprint density at radius 2 is 2.12 bits per heavy atom. The van der Waals surface area contributed by atoms with E-state index in [2.05, 4.69) is 17.2 Å². The molecule has 0 radical (unpaired) electrons. The molecule has 0 aliphatic carbocycles. The average molecular weight is 218 g/mol. The second kappa shape index (κ2) is 5.12. The molecule has 1 atom stereocenters. The maximum atomic E-state index is 9.16. The number of aliphatic hydroxyl groups is 1. The predicted molar refractivity (Wildman–Crippen MR) is 65.3 cm³/mol. The van der Waals surface area contributed by atoms with Gasteiger partial charge in [-0.3, -0.25) is 4.68 Å². The van der Waals surface area contributed by atoms with Gasteiger partial charge in [-0.1, -0.05) is 18.2 Å². The summed E-state index contributed by atoms with van der Waals surface area (Å²) < 4.78 is 2.04. The number of aromatic nitrogens is 2. The van der Waals surface area contributed by atoms with E-state index in [0.29, 0.717) is 0 Å². The van der Waals surface area contributed by atoms with Gasteiger partial charge in [-0.05, 0) is 32.3 Å². The van der Waals surface area contributed by atoms with Crippen molar-refractivity contribution in [3.05, 3.63) is 30.5 Å². The molecule has 0 bridgehead atoms. The van der Waals surface area contributed by atoms with Crippen molar-refractivity contribution in [2.24, 2.45) is 0 Å². The molecule has 0 amide bonds. The Morgan fingerprint density at radius 3 is 2.94 bits per heavy atom. The zero-order valence-corrected chi connectivity index (χ0v) is 9.63. The summed E-state index contributed by atoms with van der Waals surface area (Å²) in [5.74, 6) is 0. The first-order valence-electron chi connectivity index (χ1n) is 5.86. The van der Waals surface area contributed by atoms with Crippen LogP contribution in [0.3, 0.4) is 0 Å². The Bertz CT molecular complexity index is 448. The molecule has 0 aliphatic heterocycles. The third-order valence-corrected chi connectivity index (χ3v) is 2.79. The molecule has 0 saturated carbocycles. The van der Waals surface area contributed by atoms with E-state index in [9.17, 15) is 0 Å². The van der Waals surface area contributed by atoms with Crippen LogP contribution in [0, 0.1) is 0 Å². The molecule has 16 heavy (non-hydrogen) atoms. The van der Waals surface area contributed by atoms with E-state index in [-0.39, 0.29) is 6.10 Å². The summed E-state index contributed by atoms with van der Waals surface area (Å²) in [5.41, 5.74) is 1.19. The highest BCUT2D eigenvalue weighted by atomic mass is 16.3. The van der Waals surface area contributed by atoms with Crippen molar-refractivity contribution in [1.82, 2.24) is 9.78 Å². The molecule has 0 aliphatic rings. The van der Waals surface area contributed by atoms with Gasteiger partial charge in [0.25, 0.3) is 0 Å². The highest BCUT2D eigenvalue weighted by Gasteiger charge is 2.01. The molecule has 2 rings (SSSR count). The number of aryl methyl sites for hydroxylation is 1. The maximum Gasteiger partial charge on any atom is 0.0682 e. The second-order valence-corrected chi connectivity index (χ2v) is 4.27. The van der Waals surface area contributed by atoms with E-state index >= 15 is 0 Å². The van der Waals surface area contributed by atoms with E-state index in [4.69, 9.17) is 5.11 Å². The highest BCUT2D eigenvalue weighted by molar-refractivity contribution is 5.78. The van der Waals surface area contributed by atoms with Crippen molar-refractivity contribution in [2.45, 2.75) is 38.8 Å². The van der Waals surface area contributed by atoms with Crippen molar-refractivity contribution in [3.63, 3.8) is 0 Å². The van der Waals surface area contributed by atoms with Gasteiger partial charge in [0, 0.05) is 11.9 Å². The normalized spacial score (nSPS) is 13.1. The average Bonchev–Trinajstić information content (AvgIpc) is 2.68. The summed E-state index contributed by atoms with van der Waals surface area (Å²) in [6, 6.07) is 8.24. The second-order valence-electron chi connectivity index (χ2n) is 4.27. The topological polar surface area (TPSA) is 38.0 Å². The van der Waals surface area contributed by atoms with Crippen LogP contribution in [0.4, 0.5) is 0 Å². The first-order chi connectivity index (χ1) is 7.77. The number of para-hydroxylation sites is 1. The highest BCUT2D eigenvalue weighted by Crippen LogP contribution is 2.13. The Labute approximate surface area is 95.7 Å². The molecule has 1 unspecified atom stereocenters. The quantitative estimate of drug-likeness (QED) is 0.783. The number of rotatable bonds is 5.